The highest BCUT2D eigenvalue weighted by Gasteiger charge is 2.28. The second kappa shape index (κ2) is 8.62. The molecule has 0 saturated carbocycles. The molecule has 164 valence electrons. The molecule has 0 saturated heterocycles. The van der Waals surface area contributed by atoms with E-state index in [1.807, 2.05) is 18.2 Å². The first-order chi connectivity index (χ1) is 15.3. The smallest absolute Gasteiger partial charge is 0.422 e. The topological polar surface area (TPSA) is 69.1 Å². The molecule has 0 atom stereocenters. The Morgan fingerprint density at radius 2 is 1.78 bits per heavy atom. The predicted octanol–water partition coefficient (Wildman–Crippen LogP) is 4.84. The molecule has 4 rings (SSSR count). The molecule has 2 aromatic carbocycles. The number of aromatic nitrogens is 3. The maximum Gasteiger partial charge on any atom is 0.422 e. The van der Waals surface area contributed by atoms with Gasteiger partial charge >= 0.3 is 6.18 Å². The van der Waals surface area contributed by atoms with Gasteiger partial charge in [0.05, 0.1) is 30.3 Å². The Balaban J connectivity index is 1.66. The normalized spacial score (nSPS) is 11.4. The first-order valence-electron chi connectivity index (χ1n) is 9.55. The molecule has 6 nitrogen and oxygen atoms in total. The number of H-pyrrole nitrogens is 1. The van der Waals surface area contributed by atoms with Gasteiger partial charge in [-0.05, 0) is 47.5 Å². The standard InChI is InChI=1S/C23H18F3N3O3/c1-31-19-4-2-3-17(12-19)29-21(9-10-28-29)20-11-16(13-27-22(20)30)15-5-7-18(8-6-15)32-14-23(24,25)26/h2-13H,14H2,1H3,(H,27,30). The SMILES string of the molecule is COc1cccc(-n2nccc2-c2cc(-c3ccc(OCC(F)(F)F)cc3)c[nH]c2=O)c1. The third kappa shape index (κ3) is 4.66. The Kier molecular flexibility index (Phi) is 5.72. The van der Waals surface area contributed by atoms with Crippen LogP contribution in [0.15, 0.2) is 77.9 Å². The van der Waals surface area contributed by atoms with Gasteiger partial charge in [0, 0.05) is 12.3 Å². The molecule has 0 aliphatic heterocycles. The summed E-state index contributed by atoms with van der Waals surface area (Å²) < 4.78 is 48.6. The number of rotatable bonds is 6. The van der Waals surface area contributed by atoms with Crippen molar-refractivity contribution in [2.75, 3.05) is 13.7 Å². The maximum atomic E-state index is 12.6. The Morgan fingerprint density at radius 3 is 2.50 bits per heavy atom. The van der Waals surface area contributed by atoms with E-state index >= 15 is 0 Å². The van der Waals surface area contributed by atoms with E-state index in [1.165, 1.54) is 12.1 Å². The number of pyridine rings is 1. The average Bonchev–Trinajstić information content (AvgIpc) is 3.28. The summed E-state index contributed by atoms with van der Waals surface area (Å²) in [5.41, 5.74) is 2.77. The summed E-state index contributed by atoms with van der Waals surface area (Å²) in [6, 6.07) is 16.9. The van der Waals surface area contributed by atoms with Gasteiger partial charge in [-0.1, -0.05) is 18.2 Å². The number of hydrogen-bond donors (Lipinski definition) is 1. The van der Waals surface area contributed by atoms with Crippen LogP contribution in [0, 0.1) is 0 Å². The molecule has 0 fully saturated rings. The van der Waals surface area contributed by atoms with Crippen LogP contribution in [-0.2, 0) is 0 Å². The van der Waals surface area contributed by atoms with E-state index in [9.17, 15) is 18.0 Å². The van der Waals surface area contributed by atoms with Crippen LogP contribution in [0.3, 0.4) is 0 Å². The molecule has 9 heteroatoms. The second-order valence-electron chi connectivity index (χ2n) is 6.89. The molecular weight excluding hydrogens is 423 g/mol. The van der Waals surface area contributed by atoms with Crippen molar-refractivity contribution in [3.63, 3.8) is 0 Å². The molecule has 0 unspecified atom stereocenters. The first-order valence-corrected chi connectivity index (χ1v) is 9.55. The van der Waals surface area contributed by atoms with Gasteiger partial charge in [-0.15, -0.1) is 0 Å². The third-order valence-corrected chi connectivity index (χ3v) is 4.71. The summed E-state index contributed by atoms with van der Waals surface area (Å²) in [6.45, 7) is -1.36. The van der Waals surface area contributed by atoms with Crippen molar-refractivity contribution in [1.29, 1.82) is 0 Å². The van der Waals surface area contributed by atoms with Gasteiger partial charge < -0.3 is 14.5 Å². The van der Waals surface area contributed by atoms with Crippen molar-refractivity contribution in [2.24, 2.45) is 0 Å². The number of aromatic amines is 1. The van der Waals surface area contributed by atoms with Crippen molar-refractivity contribution in [2.45, 2.75) is 6.18 Å². The van der Waals surface area contributed by atoms with Crippen molar-refractivity contribution in [1.82, 2.24) is 14.8 Å². The lowest BCUT2D eigenvalue weighted by Gasteiger charge is -2.11. The summed E-state index contributed by atoms with van der Waals surface area (Å²) in [5, 5.41) is 4.33. The molecule has 2 aromatic heterocycles. The molecule has 0 aliphatic carbocycles. The van der Waals surface area contributed by atoms with Gasteiger partial charge in [0.15, 0.2) is 6.61 Å². The highest BCUT2D eigenvalue weighted by molar-refractivity contribution is 5.71. The number of ether oxygens (including phenoxy) is 2. The van der Waals surface area contributed by atoms with Crippen molar-refractivity contribution in [3.05, 3.63) is 83.4 Å². The zero-order valence-electron chi connectivity index (χ0n) is 16.9. The van der Waals surface area contributed by atoms with Crippen LogP contribution in [0.2, 0.25) is 0 Å². The van der Waals surface area contributed by atoms with E-state index in [-0.39, 0.29) is 11.3 Å². The Labute approximate surface area is 180 Å². The number of nitrogens with one attached hydrogen (secondary N) is 1. The zero-order valence-corrected chi connectivity index (χ0v) is 16.9. The summed E-state index contributed by atoms with van der Waals surface area (Å²) >= 11 is 0. The molecular formula is C23H18F3N3O3. The van der Waals surface area contributed by atoms with Gasteiger partial charge in [-0.25, -0.2) is 4.68 Å². The highest BCUT2D eigenvalue weighted by atomic mass is 19.4. The quantitative estimate of drug-likeness (QED) is 0.465. The van der Waals surface area contributed by atoms with Crippen LogP contribution in [0.4, 0.5) is 13.2 Å². The van der Waals surface area contributed by atoms with Crippen LogP contribution in [0.5, 0.6) is 11.5 Å². The molecule has 0 aliphatic rings. The second-order valence-corrected chi connectivity index (χ2v) is 6.89. The Hall–Kier alpha value is -4.01. The minimum Gasteiger partial charge on any atom is -0.497 e. The van der Waals surface area contributed by atoms with Crippen LogP contribution >= 0.6 is 0 Å². The van der Waals surface area contributed by atoms with Crippen LogP contribution in [-0.4, -0.2) is 34.7 Å². The summed E-state index contributed by atoms with van der Waals surface area (Å²) in [4.78, 5) is 15.3. The number of nitrogens with zero attached hydrogens (tertiary/aromatic N) is 2. The lowest BCUT2D eigenvalue weighted by atomic mass is 10.0. The van der Waals surface area contributed by atoms with Gasteiger partial charge in [0.1, 0.15) is 11.5 Å². The summed E-state index contributed by atoms with van der Waals surface area (Å²) in [6.07, 6.45) is -1.27. The van der Waals surface area contributed by atoms with E-state index in [4.69, 9.17) is 9.47 Å². The predicted molar refractivity (Wildman–Crippen MR) is 113 cm³/mol. The molecule has 4 aromatic rings. The third-order valence-electron chi connectivity index (χ3n) is 4.71. The number of alkyl halides is 3. The fourth-order valence-electron chi connectivity index (χ4n) is 3.20. The number of halogens is 3. The fourth-order valence-corrected chi connectivity index (χ4v) is 3.20. The van der Waals surface area contributed by atoms with Gasteiger partial charge in [-0.2, -0.15) is 18.3 Å². The zero-order chi connectivity index (χ0) is 22.7. The van der Waals surface area contributed by atoms with Crippen LogP contribution < -0.4 is 15.0 Å². The Morgan fingerprint density at radius 1 is 1.00 bits per heavy atom. The lowest BCUT2D eigenvalue weighted by molar-refractivity contribution is -0.153. The van der Waals surface area contributed by atoms with E-state index in [1.54, 1.807) is 54.5 Å². The largest absolute Gasteiger partial charge is 0.497 e. The Bertz CT molecular complexity index is 1280. The van der Waals surface area contributed by atoms with Gasteiger partial charge in [0.2, 0.25) is 0 Å². The lowest BCUT2D eigenvalue weighted by Crippen LogP contribution is -2.19. The molecule has 32 heavy (non-hydrogen) atoms. The average molecular weight is 441 g/mol. The van der Waals surface area contributed by atoms with E-state index < -0.39 is 12.8 Å². The van der Waals surface area contributed by atoms with E-state index in [0.29, 0.717) is 28.1 Å². The molecule has 0 bridgehead atoms. The summed E-state index contributed by atoms with van der Waals surface area (Å²) in [7, 11) is 1.57. The number of benzene rings is 2. The highest BCUT2D eigenvalue weighted by Crippen LogP contribution is 2.27. The van der Waals surface area contributed by atoms with Crippen molar-refractivity contribution < 1.29 is 22.6 Å². The molecule has 0 spiro atoms. The fraction of sp³-hybridized carbons (Fsp3) is 0.130. The van der Waals surface area contributed by atoms with E-state index in [2.05, 4.69) is 10.1 Å². The molecule has 1 N–H and O–H groups in total. The number of methoxy groups -OCH3 is 1. The van der Waals surface area contributed by atoms with E-state index in [0.717, 1.165) is 5.69 Å². The minimum absolute atomic E-state index is 0.104. The monoisotopic (exact) mass is 441 g/mol. The van der Waals surface area contributed by atoms with Gasteiger partial charge in [-0.3, -0.25) is 4.79 Å². The molecule has 0 radical (unpaired) electrons. The van der Waals surface area contributed by atoms with Crippen molar-refractivity contribution in [3.8, 4) is 39.6 Å². The molecule has 0 amide bonds. The minimum atomic E-state index is -4.40. The van der Waals surface area contributed by atoms with Crippen LogP contribution in [0.25, 0.3) is 28.1 Å². The van der Waals surface area contributed by atoms with Gasteiger partial charge in [0.25, 0.3) is 5.56 Å². The molecule has 2 heterocycles. The maximum absolute atomic E-state index is 12.6. The first kappa shape index (κ1) is 21.2. The number of hydrogen-bond acceptors (Lipinski definition) is 4. The summed E-state index contributed by atoms with van der Waals surface area (Å²) in [5.74, 6) is 0.756. The van der Waals surface area contributed by atoms with Crippen molar-refractivity contribution >= 4 is 0 Å². The van der Waals surface area contributed by atoms with Crippen LogP contribution in [0.1, 0.15) is 0 Å².